The molecule has 0 spiro atoms. The van der Waals surface area contributed by atoms with E-state index < -0.39 is 0 Å². The first-order valence-electron chi connectivity index (χ1n) is 8.71. The smallest absolute Gasteiger partial charge is 0.224 e. The van der Waals surface area contributed by atoms with Gasteiger partial charge in [0, 0.05) is 24.7 Å². The molecule has 0 aromatic carbocycles. The molecule has 21 heavy (non-hydrogen) atoms. The fourth-order valence-electron chi connectivity index (χ4n) is 3.89. The van der Waals surface area contributed by atoms with Gasteiger partial charge >= 0.3 is 0 Å². The van der Waals surface area contributed by atoms with Crippen molar-refractivity contribution >= 4 is 5.91 Å². The van der Waals surface area contributed by atoms with Crippen LogP contribution in [0.5, 0.6) is 0 Å². The molecular weight excluding hydrogens is 262 g/mol. The third-order valence-corrected chi connectivity index (χ3v) is 5.42. The summed E-state index contributed by atoms with van der Waals surface area (Å²) in [4.78, 5) is 15.0. The molecular formula is C17H33N3O. The number of piperidine rings is 1. The highest BCUT2D eigenvalue weighted by Gasteiger charge is 2.37. The van der Waals surface area contributed by atoms with Crippen molar-refractivity contribution in [1.82, 2.24) is 10.2 Å². The zero-order valence-electron chi connectivity index (χ0n) is 14.0. The van der Waals surface area contributed by atoms with Crippen LogP contribution in [0.15, 0.2) is 0 Å². The zero-order valence-corrected chi connectivity index (χ0v) is 14.0. The first-order valence-corrected chi connectivity index (χ1v) is 8.71. The fourth-order valence-corrected chi connectivity index (χ4v) is 3.89. The Morgan fingerprint density at radius 3 is 2.76 bits per heavy atom. The first kappa shape index (κ1) is 16.8. The molecule has 1 saturated carbocycles. The molecule has 1 aliphatic heterocycles. The van der Waals surface area contributed by atoms with Crippen molar-refractivity contribution in [2.75, 3.05) is 19.6 Å². The van der Waals surface area contributed by atoms with Crippen molar-refractivity contribution < 1.29 is 4.79 Å². The van der Waals surface area contributed by atoms with Crippen LogP contribution >= 0.6 is 0 Å². The van der Waals surface area contributed by atoms with E-state index in [1.54, 1.807) is 0 Å². The number of amides is 1. The number of carbonyl (C=O) groups excluding carboxylic acids is 1. The van der Waals surface area contributed by atoms with Crippen LogP contribution in [-0.2, 0) is 4.79 Å². The molecule has 3 N–H and O–H groups in total. The standard InChI is InChI=1S/C17H33N3O/c1-13(2)20-10-6-7-14(12-20)11-19-16(21)15-8-4-5-9-17(15,3)18/h13-15H,4-12,18H2,1-3H3,(H,19,21). The van der Waals surface area contributed by atoms with Crippen molar-refractivity contribution in [3.05, 3.63) is 0 Å². The van der Waals surface area contributed by atoms with Crippen LogP contribution in [0.25, 0.3) is 0 Å². The normalized spacial score (nSPS) is 34.9. The fraction of sp³-hybridized carbons (Fsp3) is 0.941. The SMILES string of the molecule is CC(C)N1CCCC(CNC(=O)C2CCCCC2(C)N)C1. The monoisotopic (exact) mass is 295 g/mol. The molecule has 4 heteroatoms. The summed E-state index contributed by atoms with van der Waals surface area (Å²) in [5, 5.41) is 3.19. The van der Waals surface area contributed by atoms with E-state index in [-0.39, 0.29) is 17.4 Å². The van der Waals surface area contributed by atoms with Gasteiger partial charge in [0.05, 0.1) is 5.92 Å². The van der Waals surface area contributed by atoms with Gasteiger partial charge in [0.15, 0.2) is 0 Å². The number of nitrogens with two attached hydrogens (primary N) is 1. The van der Waals surface area contributed by atoms with E-state index >= 15 is 0 Å². The van der Waals surface area contributed by atoms with E-state index in [0.717, 1.165) is 38.8 Å². The average Bonchev–Trinajstić information content (AvgIpc) is 2.44. The van der Waals surface area contributed by atoms with Crippen molar-refractivity contribution in [3.63, 3.8) is 0 Å². The molecule has 0 radical (unpaired) electrons. The minimum absolute atomic E-state index is 0.00366. The number of nitrogens with one attached hydrogen (secondary N) is 1. The van der Waals surface area contributed by atoms with Crippen LogP contribution in [-0.4, -0.2) is 42.0 Å². The quantitative estimate of drug-likeness (QED) is 0.835. The Kier molecular flexibility index (Phi) is 5.67. The Hall–Kier alpha value is -0.610. The molecule has 1 amide bonds. The van der Waals surface area contributed by atoms with E-state index in [1.165, 1.54) is 19.4 Å². The highest BCUT2D eigenvalue weighted by Crippen LogP contribution is 2.31. The molecule has 1 heterocycles. The summed E-state index contributed by atoms with van der Waals surface area (Å²) in [7, 11) is 0. The summed E-state index contributed by atoms with van der Waals surface area (Å²) < 4.78 is 0. The molecule has 2 fully saturated rings. The molecule has 1 aliphatic carbocycles. The molecule has 3 atom stereocenters. The van der Waals surface area contributed by atoms with Gasteiger partial charge in [-0.15, -0.1) is 0 Å². The third-order valence-electron chi connectivity index (χ3n) is 5.42. The van der Waals surface area contributed by atoms with Gasteiger partial charge in [-0.3, -0.25) is 4.79 Å². The lowest BCUT2D eigenvalue weighted by Crippen LogP contribution is -2.53. The third kappa shape index (κ3) is 4.43. The summed E-state index contributed by atoms with van der Waals surface area (Å²) in [6, 6.07) is 0.606. The Balaban J connectivity index is 1.80. The highest BCUT2D eigenvalue weighted by molar-refractivity contribution is 5.80. The number of likely N-dealkylation sites (tertiary alicyclic amines) is 1. The van der Waals surface area contributed by atoms with Gasteiger partial charge in [0.1, 0.15) is 0 Å². The lowest BCUT2D eigenvalue weighted by Gasteiger charge is -2.38. The second-order valence-corrected chi connectivity index (χ2v) is 7.65. The average molecular weight is 295 g/mol. The first-order chi connectivity index (χ1) is 9.90. The second kappa shape index (κ2) is 7.10. The zero-order chi connectivity index (χ0) is 15.5. The maximum absolute atomic E-state index is 12.5. The van der Waals surface area contributed by atoms with E-state index in [4.69, 9.17) is 5.73 Å². The molecule has 4 nitrogen and oxygen atoms in total. The maximum Gasteiger partial charge on any atom is 0.224 e. The van der Waals surface area contributed by atoms with Gasteiger partial charge in [-0.25, -0.2) is 0 Å². The largest absolute Gasteiger partial charge is 0.355 e. The number of hydrogen-bond acceptors (Lipinski definition) is 3. The van der Waals surface area contributed by atoms with Crippen LogP contribution in [0, 0.1) is 11.8 Å². The minimum Gasteiger partial charge on any atom is -0.355 e. The van der Waals surface area contributed by atoms with Crippen LogP contribution in [0.1, 0.15) is 59.3 Å². The summed E-state index contributed by atoms with van der Waals surface area (Å²) in [5.41, 5.74) is 6.00. The molecule has 2 aliphatic rings. The van der Waals surface area contributed by atoms with Crippen LogP contribution in [0.3, 0.4) is 0 Å². The predicted octanol–water partition coefficient (Wildman–Crippen LogP) is 2.13. The molecule has 0 bridgehead atoms. The molecule has 3 unspecified atom stereocenters. The van der Waals surface area contributed by atoms with Crippen molar-refractivity contribution in [2.24, 2.45) is 17.6 Å². The van der Waals surface area contributed by atoms with E-state index in [2.05, 4.69) is 24.1 Å². The molecule has 122 valence electrons. The van der Waals surface area contributed by atoms with Crippen molar-refractivity contribution in [3.8, 4) is 0 Å². The van der Waals surface area contributed by atoms with Gasteiger partial charge in [-0.2, -0.15) is 0 Å². The van der Waals surface area contributed by atoms with Crippen LogP contribution < -0.4 is 11.1 Å². The van der Waals surface area contributed by atoms with Crippen molar-refractivity contribution in [2.45, 2.75) is 70.9 Å². The van der Waals surface area contributed by atoms with Crippen LogP contribution in [0.2, 0.25) is 0 Å². The summed E-state index contributed by atoms with van der Waals surface area (Å²) in [6.07, 6.45) is 6.68. The number of hydrogen-bond donors (Lipinski definition) is 2. The van der Waals surface area contributed by atoms with Gasteiger partial charge in [-0.1, -0.05) is 12.8 Å². The Bertz CT molecular complexity index is 354. The minimum atomic E-state index is -0.321. The topological polar surface area (TPSA) is 58.4 Å². The van der Waals surface area contributed by atoms with E-state index in [0.29, 0.717) is 12.0 Å². The summed E-state index contributed by atoms with van der Waals surface area (Å²) >= 11 is 0. The van der Waals surface area contributed by atoms with Gasteiger partial charge in [0.2, 0.25) is 5.91 Å². The molecule has 2 rings (SSSR count). The van der Waals surface area contributed by atoms with Crippen molar-refractivity contribution in [1.29, 1.82) is 0 Å². The Morgan fingerprint density at radius 1 is 1.33 bits per heavy atom. The van der Waals surface area contributed by atoms with Crippen LogP contribution in [0.4, 0.5) is 0 Å². The Labute approximate surface area is 129 Å². The highest BCUT2D eigenvalue weighted by atomic mass is 16.1. The molecule has 1 saturated heterocycles. The number of rotatable bonds is 4. The maximum atomic E-state index is 12.5. The van der Waals surface area contributed by atoms with E-state index in [1.807, 2.05) is 6.92 Å². The lowest BCUT2D eigenvalue weighted by molar-refractivity contribution is -0.128. The van der Waals surface area contributed by atoms with E-state index in [9.17, 15) is 4.79 Å². The summed E-state index contributed by atoms with van der Waals surface area (Å²) in [5.74, 6) is 0.773. The lowest BCUT2D eigenvalue weighted by atomic mass is 9.74. The number of nitrogens with zero attached hydrogens (tertiary/aromatic N) is 1. The van der Waals surface area contributed by atoms with Gasteiger partial charge in [-0.05, 0) is 58.9 Å². The molecule has 0 aromatic heterocycles. The molecule has 0 aromatic rings. The van der Waals surface area contributed by atoms with Gasteiger partial charge in [0.25, 0.3) is 0 Å². The number of carbonyl (C=O) groups is 1. The predicted molar refractivity (Wildman–Crippen MR) is 87.0 cm³/mol. The Morgan fingerprint density at radius 2 is 2.10 bits per heavy atom. The summed E-state index contributed by atoms with van der Waals surface area (Å²) in [6.45, 7) is 9.67. The van der Waals surface area contributed by atoms with Gasteiger partial charge < -0.3 is 16.0 Å². The second-order valence-electron chi connectivity index (χ2n) is 7.65.